The molecule has 5 nitrogen and oxygen atoms in total. The van der Waals surface area contributed by atoms with Gasteiger partial charge in [-0.3, -0.25) is 10.2 Å². The van der Waals surface area contributed by atoms with Gasteiger partial charge in [-0.2, -0.15) is 0 Å². The zero-order chi connectivity index (χ0) is 14.8. The van der Waals surface area contributed by atoms with Gasteiger partial charge in [0.15, 0.2) is 0 Å². The molecule has 108 valence electrons. The van der Waals surface area contributed by atoms with Crippen molar-refractivity contribution in [3.8, 4) is 10.7 Å². The molecule has 0 fully saturated rings. The van der Waals surface area contributed by atoms with E-state index in [1.54, 1.807) is 17.5 Å². The Hall–Kier alpha value is -1.96. The number of nitrogens with zero attached hydrogens (tertiary/aromatic N) is 2. The topological polar surface area (TPSA) is 72.9 Å². The molecule has 3 aromatic heterocycles. The number of thiophene rings is 2. The molecule has 0 saturated carbocycles. The Labute approximate surface area is 130 Å². The van der Waals surface area contributed by atoms with Gasteiger partial charge < -0.3 is 4.57 Å². The molecule has 0 aliphatic carbocycles. The number of imidazole rings is 1. The minimum Gasteiger partial charge on any atom is -0.326 e. The number of hydrogen-bond donors (Lipinski definition) is 2. The fourth-order valence-electron chi connectivity index (χ4n) is 2.11. The number of carbonyl (C=O) groups is 1. The van der Waals surface area contributed by atoms with Gasteiger partial charge in [-0.05, 0) is 30.0 Å². The van der Waals surface area contributed by atoms with Crippen molar-refractivity contribution in [2.75, 3.05) is 0 Å². The Kier molecular flexibility index (Phi) is 3.87. The highest BCUT2D eigenvalue weighted by Gasteiger charge is 2.13. The number of hydrogen-bond acceptors (Lipinski definition) is 5. The van der Waals surface area contributed by atoms with Crippen molar-refractivity contribution >= 4 is 28.6 Å². The first-order chi connectivity index (χ1) is 10.2. The summed E-state index contributed by atoms with van der Waals surface area (Å²) in [6.07, 6.45) is 3.75. The van der Waals surface area contributed by atoms with E-state index in [9.17, 15) is 4.79 Å². The zero-order valence-corrected chi connectivity index (χ0v) is 13.0. The van der Waals surface area contributed by atoms with Gasteiger partial charge in [0.05, 0.1) is 16.3 Å². The first-order valence-electron chi connectivity index (χ1n) is 6.34. The molecule has 3 aromatic rings. The van der Waals surface area contributed by atoms with E-state index in [1.165, 1.54) is 11.3 Å². The molecule has 21 heavy (non-hydrogen) atoms. The van der Waals surface area contributed by atoms with E-state index < -0.39 is 0 Å². The highest BCUT2D eigenvalue weighted by molar-refractivity contribution is 7.14. The largest absolute Gasteiger partial charge is 0.326 e. The van der Waals surface area contributed by atoms with Crippen molar-refractivity contribution in [3.05, 3.63) is 51.3 Å². The minimum absolute atomic E-state index is 0.251. The van der Waals surface area contributed by atoms with Crippen LogP contribution in [0, 0.1) is 6.92 Å². The van der Waals surface area contributed by atoms with Crippen molar-refractivity contribution < 1.29 is 4.79 Å². The number of rotatable bonds is 4. The molecule has 1 amide bonds. The molecule has 0 bridgehead atoms. The van der Waals surface area contributed by atoms with Gasteiger partial charge in [0, 0.05) is 17.3 Å². The van der Waals surface area contributed by atoms with Gasteiger partial charge in [-0.25, -0.2) is 10.8 Å². The van der Waals surface area contributed by atoms with Gasteiger partial charge in [0.2, 0.25) is 0 Å². The summed E-state index contributed by atoms with van der Waals surface area (Å²) in [7, 11) is 0. The maximum atomic E-state index is 11.6. The smallest absolute Gasteiger partial charge is 0.275 e. The quantitative estimate of drug-likeness (QED) is 0.441. The molecule has 0 aliphatic heterocycles. The first-order valence-corrected chi connectivity index (χ1v) is 8.04. The summed E-state index contributed by atoms with van der Waals surface area (Å²) in [6.45, 7) is 2.70. The molecular formula is C14H14N4OS2. The summed E-state index contributed by atoms with van der Waals surface area (Å²) in [5.74, 6) is 5.87. The molecule has 7 heteroatoms. The highest BCUT2D eigenvalue weighted by Crippen LogP contribution is 2.26. The van der Waals surface area contributed by atoms with Gasteiger partial charge in [0.1, 0.15) is 5.82 Å². The normalized spacial score (nSPS) is 10.8. The third-order valence-electron chi connectivity index (χ3n) is 3.17. The number of aryl methyl sites for hydroxylation is 1. The average Bonchev–Trinajstić information content (AvgIpc) is 3.19. The number of amides is 1. The van der Waals surface area contributed by atoms with Crippen LogP contribution in [0.15, 0.2) is 36.0 Å². The third-order valence-corrected chi connectivity index (χ3v) is 5.13. The van der Waals surface area contributed by atoms with E-state index in [0.717, 1.165) is 21.1 Å². The number of nitrogens with two attached hydrogens (primary N) is 1. The maximum absolute atomic E-state index is 11.6. The molecule has 0 aromatic carbocycles. The number of nitrogens with one attached hydrogen (secondary N) is 1. The van der Waals surface area contributed by atoms with E-state index in [1.807, 2.05) is 30.6 Å². The van der Waals surface area contributed by atoms with Crippen LogP contribution >= 0.6 is 22.7 Å². The second-order valence-corrected chi connectivity index (χ2v) is 6.73. The van der Waals surface area contributed by atoms with Crippen LogP contribution in [0.5, 0.6) is 0 Å². The van der Waals surface area contributed by atoms with E-state index >= 15 is 0 Å². The van der Waals surface area contributed by atoms with Crippen LogP contribution in [0.3, 0.4) is 0 Å². The summed E-state index contributed by atoms with van der Waals surface area (Å²) >= 11 is 3.11. The van der Waals surface area contributed by atoms with Crippen molar-refractivity contribution in [2.45, 2.75) is 13.5 Å². The van der Waals surface area contributed by atoms with Crippen molar-refractivity contribution in [3.63, 3.8) is 0 Å². The Morgan fingerprint density at radius 2 is 2.38 bits per heavy atom. The fourth-order valence-corrected chi connectivity index (χ4v) is 3.78. The minimum atomic E-state index is -0.251. The zero-order valence-electron chi connectivity index (χ0n) is 11.4. The second-order valence-electron chi connectivity index (χ2n) is 4.52. The first kappa shape index (κ1) is 14.0. The number of aromatic nitrogens is 2. The number of nitrogen functional groups attached to an aromatic ring is 1. The molecular weight excluding hydrogens is 304 g/mol. The lowest BCUT2D eigenvalue weighted by Crippen LogP contribution is -2.29. The molecule has 0 saturated heterocycles. The molecule has 0 atom stereocenters. The van der Waals surface area contributed by atoms with Crippen LogP contribution in [0.2, 0.25) is 0 Å². The molecule has 0 aliphatic rings. The second kappa shape index (κ2) is 5.80. The van der Waals surface area contributed by atoms with E-state index in [-0.39, 0.29) is 5.91 Å². The van der Waals surface area contributed by atoms with Crippen molar-refractivity contribution in [1.29, 1.82) is 0 Å². The molecule has 3 heterocycles. The highest BCUT2D eigenvalue weighted by atomic mass is 32.1. The van der Waals surface area contributed by atoms with Crippen molar-refractivity contribution in [1.82, 2.24) is 15.0 Å². The molecule has 0 radical (unpaired) electrons. The standard InChI is InChI=1S/C14H14N4OS2/c1-9-10(7-12(21-9)14(19)17-15)8-18-5-4-16-13(18)11-3-2-6-20-11/h2-7H,8,15H2,1H3,(H,17,19). The SMILES string of the molecule is Cc1sc(C(=O)NN)cc1Cn1ccnc1-c1cccs1. The molecule has 3 rings (SSSR count). The number of hydrazine groups is 1. The van der Waals surface area contributed by atoms with Crippen LogP contribution in [-0.2, 0) is 6.54 Å². The predicted molar refractivity (Wildman–Crippen MR) is 85.4 cm³/mol. The van der Waals surface area contributed by atoms with E-state index in [0.29, 0.717) is 11.4 Å². The number of carbonyl (C=O) groups excluding carboxylic acids is 1. The third kappa shape index (κ3) is 2.76. The predicted octanol–water partition coefficient (Wildman–Crippen LogP) is 2.63. The summed E-state index contributed by atoms with van der Waals surface area (Å²) in [6, 6.07) is 5.95. The van der Waals surface area contributed by atoms with Crippen LogP contribution in [0.1, 0.15) is 20.1 Å². The average molecular weight is 318 g/mol. The molecule has 0 unspecified atom stereocenters. The lowest BCUT2D eigenvalue weighted by atomic mass is 10.2. The summed E-state index contributed by atoms with van der Waals surface area (Å²) in [4.78, 5) is 18.9. The van der Waals surface area contributed by atoms with Gasteiger partial charge in [-0.15, -0.1) is 22.7 Å². The van der Waals surface area contributed by atoms with Crippen LogP contribution < -0.4 is 11.3 Å². The van der Waals surface area contributed by atoms with E-state index in [4.69, 9.17) is 5.84 Å². The van der Waals surface area contributed by atoms with E-state index in [2.05, 4.69) is 21.0 Å². The Bertz CT molecular complexity index is 758. The fraction of sp³-hybridized carbons (Fsp3) is 0.143. The van der Waals surface area contributed by atoms with Gasteiger partial charge in [0.25, 0.3) is 5.91 Å². The molecule has 0 spiro atoms. The lowest BCUT2D eigenvalue weighted by molar-refractivity contribution is 0.0957. The Balaban J connectivity index is 1.90. The van der Waals surface area contributed by atoms with Crippen LogP contribution in [0.25, 0.3) is 10.7 Å². The van der Waals surface area contributed by atoms with Crippen molar-refractivity contribution in [2.24, 2.45) is 5.84 Å². The van der Waals surface area contributed by atoms with Gasteiger partial charge >= 0.3 is 0 Å². The maximum Gasteiger partial charge on any atom is 0.275 e. The van der Waals surface area contributed by atoms with Crippen LogP contribution in [0.4, 0.5) is 0 Å². The monoisotopic (exact) mass is 318 g/mol. The summed E-state index contributed by atoms with van der Waals surface area (Å²) in [5.41, 5.74) is 3.27. The molecule has 3 N–H and O–H groups in total. The lowest BCUT2D eigenvalue weighted by Gasteiger charge is -2.06. The van der Waals surface area contributed by atoms with Crippen LogP contribution in [-0.4, -0.2) is 15.5 Å². The Morgan fingerprint density at radius 1 is 1.52 bits per heavy atom. The summed E-state index contributed by atoms with van der Waals surface area (Å²) in [5, 5.41) is 2.04. The van der Waals surface area contributed by atoms with Gasteiger partial charge in [-0.1, -0.05) is 6.07 Å². The Morgan fingerprint density at radius 3 is 3.10 bits per heavy atom. The summed E-state index contributed by atoms with van der Waals surface area (Å²) < 4.78 is 2.09.